The highest BCUT2D eigenvalue weighted by Crippen LogP contribution is 2.33. The first-order chi connectivity index (χ1) is 10.1. The number of methoxy groups -OCH3 is 1. The van der Waals surface area contributed by atoms with Crippen LogP contribution in [-0.4, -0.2) is 7.11 Å². The first-order valence-electron chi connectivity index (χ1n) is 6.67. The Kier molecular flexibility index (Phi) is 5.01. The topological polar surface area (TPSA) is 48.4 Å². The summed E-state index contributed by atoms with van der Waals surface area (Å²) in [5.74, 6) is 1.39. The van der Waals surface area contributed by atoms with Gasteiger partial charge in [0.05, 0.1) is 13.2 Å². The second kappa shape index (κ2) is 6.61. The Bertz CT molecular complexity index is 798. The van der Waals surface area contributed by atoms with E-state index in [-0.39, 0.29) is 12.4 Å². The predicted molar refractivity (Wildman–Crippen MR) is 92.2 cm³/mol. The zero-order valence-corrected chi connectivity index (χ0v) is 13.9. The number of hydrogen-bond acceptors (Lipinski definition) is 3. The lowest BCUT2D eigenvalue weighted by Crippen LogP contribution is -2.12. The number of halogens is 2. The molecule has 1 aromatic heterocycles. The molecule has 0 saturated carbocycles. The van der Waals surface area contributed by atoms with Gasteiger partial charge in [0.25, 0.3) is 0 Å². The minimum atomic E-state index is -0.425. The van der Waals surface area contributed by atoms with Crippen LogP contribution in [0.15, 0.2) is 46.9 Å². The van der Waals surface area contributed by atoms with Gasteiger partial charge in [-0.25, -0.2) is 0 Å². The zero-order chi connectivity index (χ0) is 15.0. The lowest BCUT2D eigenvalue weighted by atomic mass is 10.0. The number of fused-ring (bicyclic) bond motifs is 1. The zero-order valence-electron chi connectivity index (χ0n) is 12.3. The van der Waals surface area contributed by atoms with Crippen LogP contribution in [0.4, 0.5) is 0 Å². The van der Waals surface area contributed by atoms with Crippen molar-refractivity contribution in [1.82, 2.24) is 0 Å². The van der Waals surface area contributed by atoms with Crippen LogP contribution >= 0.6 is 24.0 Å². The number of ether oxygens (including phenoxy) is 1. The molecule has 1 atom stereocenters. The van der Waals surface area contributed by atoms with Crippen molar-refractivity contribution < 1.29 is 9.15 Å². The average molecular weight is 338 g/mol. The summed E-state index contributed by atoms with van der Waals surface area (Å²) in [7, 11) is 1.61. The molecule has 0 aliphatic carbocycles. The summed E-state index contributed by atoms with van der Waals surface area (Å²) in [6.07, 6.45) is 0. The van der Waals surface area contributed by atoms with E-state index in [1.54, 1.807) is 13.2 Å². The fourth-order valence-corrected chi connectivity index (χ4v) is 2.59. The molecule has 5 heteroatoms. The fraction of sp³-hybridized carbons (Fsp3) is 0.176. The van der Waals surface area contributed by atoms with Crippen LogP contribution < -0.4 is 10.5 Å². The van der Waals surface area contributed by atoms with Crippen molar-refractivity contribution in [3.63, 3.8) is 0 Å². The largest absolute Gasteiger partial charge is 0.496 e. The molecule has 0 spiro atoms. The van der Waals surface area contributed by atoms with Crippen LogP contribution in [0.3, 0.4) is 0 Å². The van der Waals surface area contributed by atoms with Gasteiger partial charge in [-0.2, -0.15) is 0 Å². The first kappa shape index (κ1) is 16.7. The fourth-order valence-electron chi connectivity index (χ4n) is 2.41. The van der Waals surface area contributed by atoms with Crippen LogP contribution in [0.1, 0.15) is 22.9 Å². The van der Waals surface area contributed by atoms with Crippen molar-refractivity contribution in [2.24, 2.45) is 5.73 Å². The molecule has 2 aromatic carbocycles. The summed E-state index contributed by atoms with van der Waals surface area (Å²) < 4.78 is 11.2. The number of nitrogens with two attached hydrogens (primary N) is 1. The van der Waals surface area contributed by atoms with E-state index in [9.17, 15) is 0 Å². The molecule has 1 unspecified atom stereocenters. The molecule has 0 aliphatic heterocycles. The van der Waals surface area contributed by atoms with Gasteiger partial charge >= 0.3 is 0 Å². The molecular formula is C17H17Cl2NO2. The maximum Gasteiger partial charge on any atom is 0.134 e. The van der Waals surface area contributed by atoms with E-state index in [4.69, 9.17) is 26.5 Å². The van der Waals surface area contributed by atoms with Gasteiger partial charge in [-0.05, 0) is 42.8 Å². The molecule has 1 heterocycles. The molecule has 0 amide bonds. The summed E-state index contributed by atoms with van der Waals surface area (Å²) in [5, 5.41) is 1.65. The number of benzene rings is 2. The summed E-state index contributed by atoms with van der Waals surface area (Å²) in [6.45, 7) is 2.03. The molecule has 3 aromatic rings. The van der Waals surface area contributed by atoms with E-state index < -0.39 is 6.04 Å². The highest BCUT2D eigenvalue weighted by Gasteiger charge is 2.18. The monoisotopic (exact) mass is 337 g/mol. The molecule has 0 saturated heterocycles. The van der Waals surface area contributed by atoms with Crippen LogP contribution in [0.5, 0.6) is 5.75 Å². The normalized spacial score (nSPS) is 12.0. The summed E-state index contributed by atoms with van der Waals surface area (Å²) in [6, 6.07) is 13.0. The van der Waals surface area contributed by atoms with Crippen molar-refractivity contribution in [2.45, 2.75) is 13.0 Å². The van der Waals surface area contributed by atoms with E-state index in [2.05, 4.69) is 0 Å². The van der Waals surface area contributed by atoms with E-state index in [1.807, 2.05) is 43.3 Å². The maximum atomic E-state index is 6.33. The smallest absolute Gasteiger partial charge is 0.134 e. The molecule has 0 fully saturated rings. The third-order valence-electron chi connectivity index (χ3n) is 3.53. The second-order valence-electron chi connectivity index (χ2n) is 5.05. The summed E-state index contributed by atoms with van der Waals surface area (Å²) in [5.41, 5.74) is 9.12. The number of furan rings is 1. The number of aryl methyl sites for hydroxylation is 1. The SMILES string of the molecule is COc1ccc(Cl)cc1C(N)c1cc2ccc(C)cc2o1.Cl. The van der Waals surface area contributed by atoms with E-state index in [0.29, 0.717) is 16.5 Å². The van der Waals surface area contributed by atoms with Crippen molar-refractivity contribution in [1.29, 1.82) is 0 Å². The molecule has 0 bridgehead atoms. The Hall–Kier alpha value is -1.68. The highest BCUT2D eigenvalue weighted by molar-refractivity contribution is 6.30. The molecule has 3 nitrogen and oxygen atoms in total. The Labute approximate surface area is 140 Å². The molecule has 3 rings (SSSR count). The van der Waals surface area contributed by atoms with E-state index >= 15 is 0 Å². The molecule has 2 N–H and O–H groups in total. The average Bonchev–Trinajstić information content (AvgIpc) is 2.89. The van der Waals surface area contributed by atoms with Gasteiger partial charge < -0.3 is 14.9 Å². The minimum Gasteiger partial charge on any atom is -0.496 e. The second-order valence-corrected chi connectivity index (χ2v) is 5.49. The van der Waals surface area contributed by atoms with Crippen molar-refractivity contribution in [3.05, 3.63) is 64.4 Å². The van der Waals surface area contributed by atoms with Gasteiger partial charge in [-0.15, -0.1) is 12.4 Å². The number of rotatable bonds is 3. The Morgan fingerprint density at radius 2 is 1.91 bits per heavy atom. The molecule has 0 aliphatic rings. The van der Waals surface area contributed by atoms with E-state index in [1.165, 1.54) is 0 Å². The Morgan fingerprint density at radius 1 is 1.14 bits per heavy atom. The van der Waals surface area contributed by atoms with Crippen LogP contribution in [0, 0.1) is 6.92 Å². The lowest BCUT2D eigenvalue weighted by Gasteiger charge is -2.14. The molecule has 0 radical (unpaired) electrons. The lowest BCUT2D eigenvalue weighted by molar-refractivity contribution is 0.404. The Morgan fingerprint density at radius 3 is 2.64 bits per heavy atom. The third kappa shape index (κ3) is 3.07. The third-order valence-corrected chi connectivity index (χ3v) is 3.76. The number of hydrogen-bond donors (Lipinski definition) is 1. The standard InChI is InChI=1S/C17H16ClNO2.ClH/c1-10-3-4-11-8-16(21-15(11)7-10)17(19)13-9-12(18)5-6-14(13)20-2;/h3-9,17H,19H2,1-2H3;1H. The van der Waals surface area contributed by atoms with Crippen LogP contribution in [0.25, 0.3) is 11.0 Å². The van der Waals surface area contributed by atoms with Crippen molar-refractivity contribution in [2.75, 3.05) is 7.11 Å². The molecule has 22 heavy (non-hydrogen) atoms. The van der Waals surface area contributed by atoms with Crippen LogP contribution in [0.2, 0.25) is 5.02 Å². The minimum absolute atomic E-state index is 0. The molecular weight excluding hydrogens is 321 g/mol. The van der Waals surface area contributed by atoms with Crippen molar-refractivity contribution >= 4 is 35.0 Å². The quantitative estimate of drug-likeness (QED) is 0.741. The van der Waals surface area contributed by atoms with Crippen LogP contribution in [-0.2, 0) is 0 Å². The van der Waals surface area contributed by atoms with Gasteiger partial charge in [-0.3, -0.25) is 0 Å². The van der Waals surface area contributed by atoms with Gasteiger partial charge in [0.1, 0.15) is 17.1 Å². The van der Waals surface area contributed by atoms with Crippen molar-refractivity contribution in [3.8, 4) is 5.75 Å². The van der Waals surface area contributed by atoms with E-state index in [0.717, 1.165) is 22.1 Å². The summed E-state index contributed by atoms with van der Waals surface area (Å²) >= 11 is 6.06. The van der Waals surface area contributed by atoms with Gasteiger partial charge in [0, 0.05) is 16.0 Å². The predicted octanol–water partition coefficient (Wildman–Crippen LogP) is 4.87. The first-order valence-corrected chi connectivity index (χ1v) is 7.05. The Balaban J connectivity index is 0.00000176. The maximum absolute atomic E-state index is 6.33. The summed E-state index contributed by atoms with van der Waals surface area (Å²) in [4.78, 5) is 0. The van der Waals surface area contributed by atoms with Gasteiger partial charge in [0.15, 0.2) is 0 Å². The molecule has 116 valence electrons. The highest BCUT2D eigenvalue weighted by atomic mass is 35.5. The van der Waals surface area contributed by atoms with Gasteiger partial charge in [0.2, 0.25) is 0 Å². The van der Waals surface area contributed by atoms with Gasteiger partial charge in [-0.1, -0.05) is 23.7 Å².